The Morgan fingerprint density at radius 2 is 1.81 bits per heavy atom. The second-order valence-corrected chi connectivity index (χ2v) is 6.09. The third-order valence-corrected chi connectivity index (χ3v) is 4.17. The molecule has 0 aliphatic heterocycles. The zero-order chi connectivity index (χ0) is 14.7. The summed E-state index contributed by atoms with van der Waals surface area (Å²) in [5.41, 5.74) is 1.65. The second kappa shape index (κ2) is 6.15. The molecule has 0 unspecified atom stereocenters. The van der Waals surface area contributed by atoms with Gasteiger partial charge in [-0.15, -0.1) is 10.2 Å². The lowest BCUT2D eigenvalue weighted by Crippen LogP contribution is -1.80. The lowest BCUT2D eigenvalue weighted by Gasteiger charge is -1.95. The Labute approximate surface area is 134 Å². The first kappa shape index (κ1) is 13.9. The number of phenols is 1. The number of hydrogen-bond acceptors (Lipinski definition) is 5. The van der Waals surface area contributed by atoms with Crippen molar-refractivity contribution in [2.45, 2.75) is 0 Å². The minimum Gasteiger partial charge on any atom is -0.507 e. The van der Waals surface area contributed by atoms with Crippen molar-refractivity contribution in [3.8, 4) is 16.3 Å². The van der Waals surface area contributed by atoms with Gasteiger partial charge in [-0.25, -0.2) is 4.99 Å². The first-order valence-corrected chi connectivity index (χ1v) is 7.75. The standard InChI is InChI=1S/C15H10BrN3OS/c16-12-7-5-10(6-8-12)14-18-19-15(21-14)17-9-11-3-1-2-4-13(11)20/h1-9,20H/b17-9+. The molecular formula is C15H10BrN3OS. The van der Waals surface area contributed by atoms with Crippen molar-refractivity contribution in [1.29, 1.82) is 0 Å². The topological polar surface area (TPSA) is 58.4 Å². The third-order valence-electron chi connectivity index (χ3n) is 2.76. The fraction of sp³-hybridized carbons (Fsp3) is 0. The molecule has 3 rings (SSSR count). The zero-order valence-electron chi connectivity index (χ0n) is 10.8. The largest absolute Gasteiger partial charge is 0.507 e. The van der Waals surface area contributed by atoms with Gasteiger partial charge < -0.3 is 5.11 Å². The van der Waals surface area contributed by atoms with Crippen LogP contribution in [0.3, 0.4) is 0 Å². The summed E-state index contributed by atoms with van der Waals surface area (Å²) in [7, 11) is 0. The van der Waals surface area contributed by atoms with Crippen LogP contribution >= 0.6 is 27.3 Å². The van der Waals surface area contributed by atoms with Gasteiger partial charge in [0.15, 0.2) is 0 Å². The van der Waals surface area contributed by atoms with E-state index in [-0.39, 0.29) is 5.75 Å². The monoisotopic (exact) mass is 359 g/mol. The van der Waals surface area contributed by atoms with Crippen LogP contribution in [0.2, 0.25) is 0 Å². The molecule has 0 saturated heterocycles. The number of hydrogen-bond donors (Lipinski definition) is 1. The maximum Gasteiger partial charge on any atom is 0.231 e. The predicted octanol–water partition coefficient (Wildman–Crippen LogP) is 4.42. The minimum atomic E-state index is 0.193. The number of nitrogens with zero attached hydrogens (tertiary/aromatic N) is 3. The van der Waals surface area contributed by atoms with E-state index in [1.54, 1.807) is 24.4 Å². The highest BCUT2D eigenvalue weighted by Gasteiger charge is 2.05. The number of rotatable bonds is 3. The molecule has 1 heterocycles. The fourth-order valence-electron chi connectivity index (χ4n) is 1.70. The number of aromatic hydroxyl groups is 1. The molecule has 0 aliphatic rings. The molecule has 0 radical (unpaired) electrons. The Morgan fingerprint density at radius 1 is 1.05 bits per heavy atom. The van der Waals surface area contributed by atoms with Gasteiger partial charge in [-0.05, 0) is 24.3 Å². The van der Waals surface area contributed by atoms with Crippen LogP contribution in [-0.2, 0) is 0 Å². The van der Waals surface area contributed by atoms with Crippen LogP contribution < -0.4 is 0 Å². The predicted molar refractivity (Wildman–Crippen MR) is 88.4 cm³/mol. The van der Waals surface area contributed by atoms with Crippen LogP contribution in [0.1, 0.15) is 5.56 Å². The maximum absolute atomic E-state index is 9.67. The van der Waals surface area contributed by atoms with Gasteiger partial charge in [0, 0.05) is 21.8 Å². The molecule has 6 heteroatoms. The first-order valence-electron chi connectivity index (χ1n) is 6.14. The van der Waals surface area contributed by atoms with E-state index in [1.165, 1.54) is 11.3 Å². The smallest absolute Gasteiger partial charge is 0.231 e. The molecule has 0 bridgehead atoms. The van der Waals surface area contributed by atoms with E-state index < -0.39 is 0 Å². The number of aromatic nitrogens is 2. The summed E-state index contributed by atoms with van der Waals surface area (Å²) < 4.78 is 1.02. The molecular weight excluding hydrogens is 350 g/mol. The Balaban J connectivity index is 1.82. The van der Waals surface area contributed by atoms with Gasteiger partial charge in [-0.1, -0.05) is 51.5 Å². The average molecular weight is 360 g/mol. The van der Waals surface area contributed by atoms with E-state index in [2.05, 4.69) is 31.1 Å². The van der Waals surface area contributed by atoms with Crippen LogP contribution in [0.15, 0.2) is 58.0 Å². The summed E-state index contributed by atoms with van der Waals surface area (Å²) in [6.07, 6.45) is 1.58. The molecule has 2 aromatic carbocycles. The highest BCUT2D eigenvalue weighted by Crippen LogP contribution is 2.29. The molecule has 104 valence electrons. The summed E-state index contributed by atoms with van der Waals surface area (Å²) in [4.78, 5) is 4.25. The van der Waals surface area contributed by atoms with Crippen molar-refractivity contribution in [3.05, 3.63) is 58.6 Å². The maximum atomic E-state index is 9.67. The van der Waals surface area contributed by atoms with Crippen molar-refractivity contribution >= 4 is 38.6 Å². The van der Waals surface area contributed by atoms with Gasteiger partial charge in [0.1, 0.15) is 10.8 Å². The summed E-state index contributed by atoms with van der Waals surface area (Å²) in [5, 5.41) is 19.2. The molecule has 0 aliphatic carbocycles. The lowest BCUT2D eigenvalue weighted by molar-refractivity contribution is 0.474. The Hall–Kier alpha value is -2.05. The number of aliphatic imine (C=N–C) groups is 1. The quantitative estimate of drug-likeness (QED) is 0.704. The van der Waals surface area contributed by atoms with Crippen molar-refractivity contribution in [3.63, 3.8) is 0 Å². The Kier molecular flexibility index (Phi) is 4.08. The van der Waals surface area contributed by atoms with Crippen LogP contribution in [0.25, 0.3) is 10.6 Å². The molecule has 0 spiro atoms. The Morgan fingerprint density at radius 3 is 2.57 bits per heavy atom. The van der Waals surface area contributed by atoms with E-state index in [9.17, 15) is 5.11 Å². The van der Waals surface area contributed by atoms with Gasteiger partial charge in [0.2, 0.25) is 5.13 Å². The lowest BCUT2D eigenvalue weighted by atomic mass is 10.2. The van der Waals surface area contributed by atoms with Crippen molar-refractivity contribution < 1.29 is 5.11 Å². The number of phenolic OH excluding ortho intramolecular Hbond substituents is 1. The van der Waals surface area contributed by atoms with Crippen LogP contribution in [0.4, 0.5) is 5.13 Å². The van der Waals surface area contributed by atoms with Crippen LogP contribution in [0, 0.1) is 0 Å². The molecule has 1 N–H and O–H groups in total. The molecule has 3 aromatic rings. The Bertz CT molecular complexity index is 784. The van der Waals surface area contributed by atoms with E-state index in [1.807, 2.05) is 30.3 Å². The molecule has 0 amide bonds. The number of para-hydroxylation sites is 1. The second-order valence-electron chi connectivity index (χ2n) is 4.21. The molecule has 0 saturated carbocycles. The highest BCUT2D eigenvalue weighted by molar-refractivity contribution is 9.10. The number of benzene rings is 2. The number of halogens is 1. The van der Waals surface area contributed by atoms with Gasteiger partial charge in [-0.2, -0.15) is 0 Å². The van der Waals surface area contributed by atoms with E-state index in [4.69, 9.17) is 0 Å². The van der Waals surface area contributed by atoms with Crippen molar-refractivity contribution in [1.82, 2.24) is 10.2 Å². The van der Waals surface area contributed by atoms with E-state index >= 15 is 0 Å². The van der Waals surface area contributed by atoms with Gasteiger partial charge in [-0.3, -0.25) is 0 Å². The zero-order valence-corrected chi connectivity index (χ0v) is 13.2. The molecule has 0 fully saturated rings. The summed E-state index contributed by atoms with van der Waals surface area (Å²) >= 11 is 4.80. The van der Waals surface area contributed by atoms with E-state index in [0.29, 0.717) is 10.7 Å². The fourth-order valence-corrected chi connectivity index (χ4v) is 2.66. The molecule has 21 heavy (non-hydrogen) atoms. The average Bonchev–Trinajstić information content (AvgIpc) is 2.96. The van der Waals surface area contributed by atoms with Gasteiger partial charge >= 0.3 is 0 Å². The molecule has 1 aromatic heterocycles. The first-order chi connectivity index (χ1) is 10.2. The summed E-state index contributed by atoms with van der Waals surface area (Å²) in [5.74, 6) is 0.193. The van der Waals surface area contributed by atoms with E-state index in [0.717, 1.165) is 15.0 Å². The third kappa shape index (κ3) is 3.34. The van der Waals surface area contributed by atoms with Gasteiger partial charge in [0.25, 0.3) is 0 Å². The summed E-state index contributed by atoms with van der Waals surface area (Å²) in [6.45, 7) is 0. The highest BCUT2D eigenvalue weighted by atomic mass is 79.9. The van der Waals surface area contributed by atoms with Gasteiger partial charge in [0.05, 0.1) is 0 Å². The minimum absolute atomic E-state index is 0.193. The van der Waals surface area contributed by atoms with Crippen LogP contribution in [-0.4, -0.2) is 21.5 Å². The molecule has 0 atom stereocenters. The van der Waals surface area contributed by atoms with Crippen molar-refractivity contribution in [2.75, 3.05) is 0 Å². The normalized spacial score (nSPS) is 11.1. The van der Waals surface area contributed by atoms with Crippen molar-refractivity contribution in [2.24, 2.45) is 4.99 Å². The summed E-state index contributed by atoms with van der Waals surface area (Å²) in [6, 6.07) is 14.9. The SMILES string of the molecule is Oc1ccccc1/C=N/c1nnc(-c2ccc(Br)cc2)s1. The van der Waals surface area contributed by atoms with Crippen LogP contribution in [0.5, 0.6) is 5.75 Å². The molecule has 4 nitrogen and oxygen atoms in total.